The van der Waals surface area contributed by atoms with Gasteiger partial charge >= 0.3 is 161 Å². The quantitative estimate of drug-likeness (QED) is 0.334. The molecule has 0 saturated heterocycles. The molecule has 5 heteroatoms. The first-order chi connectivity index (χ1) is 10.2. The van der Waals surface area contributed by atoms with Crippen molar-refractivity contribution in [2.24, 2.45) is 0 Å². The Bertz CT molecular complexity index is 806. The number of hydrogen-bond acceptors (Lipinski definition) is 2. The first kappa shape index (κ1) is 18.4. The average molecular weight is 306 g/mol. The van der Waals surface area contributed by atoms with Gasteiger partial charge in [0.15, 0.2) is 0 Å². The van der Waals surface area contributed by atoms with Crippen molar-refractivity contribution in [1.29, 1.82) is 0 Å². The fourth-order valence-electron chi connectivity index (χ4n) is 3.24. The second kappa shape index (κ2) is 6.88. The van der Waals surface area contributed by atoms with Crippen LogP contribution < -0.4 is 63.6 Å². The van der Waals surface area contributed by atoms with Gasteiger partial charge in [-0.05, 0) is 0 Å². The van der Waals surface area contributed by atoms with E-state index in [1.807, 2.05) is 48.5 Å². The number of rotatable bonds is 1. The summed E-state index contributed by atoms with van der Waals surface area (Å²) in [7, 11) is -3.41. The molecular weight excluding hydrogens is 293 g/mol. The second-order valence-corrected chi connectivity index (χ2v) is 8.25. The Kier molecular flexibility index (Phi) is 5.50. The molecule has 0 saturated carbocycles. The third-order valence-corrected chi connectivity index (χ3v) is 7.73. The van der Waals surface area contributed by atoms with Gasteiger partial charge in [0, 0.05) is 0 Å². The van der Waals surface area contributed by atoms with Crippen molar-refractivity contribution in [2.45, 2.75) is 0 Å². The van der Waals surface area contributed by atoms with Crippen molar-refractivity contribution in [3.8, 4) is 16.9 Å². The van der Waals surface area contributed by atoms with Crippen LogP contribution in [-0.4, -0.2) is 0 Å². The molecule has 1 aliphatic rings. The standard InChI is InChI=1S/C18H14O2P.2Li/c19-15-9-3-6-12-18(15)21(20)16-10-4-1-7-13(16)14-8-2-5-11-17(14)21;;/h1-12,19,21H;;/q-1;2*+1/p-1. The van der Waals surface area contributed by atoms with Gasteiger partial charge in [0.05, 0.1) is 0 Å². The zero-order chi connectivity index (χ0) is 14.4. The molecule has 0 radical (unpaired) electrons. The van der Waals surface area contributed by atoms with Gasteiger partial charge in [0.2, 0.25) is 0 Å². The Hall–Kier alpha value is -0.955. The summed E-state index contributed by atoms with van der Waals surface area (Å²) in [6.45, 7) is 0. The van der Waals surface area contributed by atoms with Crippen LogP contribution in [0, 0.1) is 0 Å². The molecule has 1 heterocycles. The minimum atomic E-state index is -3.41. The average Bonchev–Trinajstić information content (AvgIpc) is 2.79. The predicted octanol–water partition coefficient (Wildman–Crippen LogP) is -4.95. The van der Waals surface area contributed by atoms with E-state index in [2.05, 4.69) is 0 Å². The molecule has 0 bridgehead atoms. The van der Waals surface area contributed by atoms with Crippen LogP contribution in [0.5, 0.6) is 5.75 Å². The monoisotopic (exact) mass is 306 g/mol. The summed E-state index contributed by atoms with van der Waals surface area (Å²) < 4.78 is 0. The molecule has 3 aromatic carbocycles. The molecule has 1 aliphatic heterocycles. The Morgan fingerprint density at radius 3 is 1.43 bits per heavy atom. The van der Waals surface area contributed by atoms with Gasteiger partial charge in [0.1, 0.15) is 0 Å². The van der Waals surface area contributed by atoms with E-state index in [9.17, 15) is 10.00 Å². The summed E-state index contributed by atoms with van der Waals surface area (Å²) >= 11 is 0. The molecule has 0 fully saturated rings. The van der Waals surface area contributed by atoms with E-state index in [1.54, 1.807) is 18.2 Å². The van der Waals surface area contributed by atoms with E-state index in [0.29, 0.717) is 5.30 Å². The summed E-state index contributed by atoms with van der Waals surface area (Å²) in [5, 5.41) is 14.3. The van der Waals surface area contributed by atoms with Crippen LogP contribution in [0.15, 0.2) is 72.8 Å². The number of benzene rings is 3. The van der Waals surface area contributed by atoms with Gasteiger partial charge in [-0.15, -0.1) is 0 Å². The molecule has 0 aliphatic carbocycles. The fraction of sp³-hybridized carbons (Fsp3) is 0. The zero-order valence-electron chi connectivity index (χ0n) is 13.2. The second-order valence-electron chi connectivity index (χ2n) is 5.27. The van der Waals surface area contributed by atoms with Crippen LogP contribution in [-0.2, 0) is 0 Å². The van der Waals surface area contributed by atoms with Gasteiger partial charge in [-0.25, -0.2) is 0 Å². The van der Waals surface area contributed by atoms with Crippen molar-refractivity contribution >= 4 is 23.4 Å². The molecule has 0 N–H and O–H groups in total. The van der Waals surface area contributed by atoms with Crippen molar-refractivity contribution in [1.82, 2.24) is 0 Å². The predicted molar refractivity (Wildman–Crippen MR) is 85.0 cm³/mol. The van der Waals surface area contributed by atoms with Gasteiger partial charge in [-0.1, -0.05) is 0 Å². The van der Waals surface area contributed by atoms with Crippen LogP contribution in [0.3, 0.4) is 0 Å². The fourth-order valence-corrected chi connectivity index (χ4v) is 6.73. The molecular formula is C18H13Li2O2P. The Balaban J connectivity index is 0.000000960. The van der Waals surface area contributed by atoms with E-state index in [4.69, 9.17) is 0 Å². The number of fused-ring (bicyclic) bond motifs is 3. The Morgan fingerprint density at radius 2 is 0.957 bits per heavy atom. The van der Waals surface area contributed by atoms with Crippen molar-refractivity contribution in [2.75, 3.05) is 0 Å². The van der Waals surface area contributed by atoms with Gasteiger partial charge in [-0.3, -0.25) is 0 Å². The summed E-state index contributed by atoms with van der Waals surface area (Å²) in [5.41, 5.74) is 1.97. The van der Waals surface area contributed by atoms with E-state index in [1.165, 1.54) is 6.07 Å². The van der Waals surface area contributed by atoms with E-state index >= 15 is 0 Å². The van der Waals surface area contributed by atoms with Crippen molar-refractivity contribution in [3.05, 3.63) is 72.8 Å². The first-order valence-electron chi connectivity index (χ1n) is 6.89. The minimum absolute atomic E-state index is 0. The molecule has 4 rings (SSSR count). The summed E-state index contributed by atoms with van der Waals surface area (Å²) in [6, 6.07) is 22.1. The molecule has 0 unspecified atom stereocenters. The number of para-hydroxylation sites is 1. The molecule has 3 aromatic rings. The maximum absolute atomic E-state index is 13.9. The van der Waals surface area contributed by atoms with Crippen LogP contribution in [0.4, 0.5) is 0 Å². The van der Waals surface area contributed by atoms with E-state index < -0.39 is 7.49 Å². The van der Waals surface area contributed by atoms with Gasteiger partial charge in [-0.2, -0.15) is 0 Å². The van der Waals surface area contributed by atoms with E-state index in [0.717, 1.165) is 21.7 Å². The molecule has 104 valence electrons. The topological polar surface area (TPSA) is 46.1 Å². The number of hydrogen-bond donors (Lipinski definition) is 0. The maximum atomic E-state index is 13.9. The summed E-state index contributed by atoms with van der Waals surface area (Å²) in [5.74, 6) is -0.148. The van der Waals surface area contributed by atoms with Crippen molar-refractivity contribution < 1.29 is 47.7 Å². The molecule has 0 aromatic heterocycles. The summed E-state index contributed by atoms with van der Waals surface area (Å²) in [6.07, 6.45) is 0. The van der Waals surface area contributed by atoms with Crippen LogP contribution >= 0.6 is 7.49 Å². The molecule has 0 amide bonds. The normalized spacial score (nSPS) is 14.7. The summed E-state index contributed by atoms with van der Waals surface area (Å²) in [4.78, 5) is 13.9. The first-order valence-corrected chi connectivity index (χ1v) is 8.80. The molecule has 23 heavy (non-hydrogen) atoms. The molecule has 0 spiro atoms. The Morgan fingerprint density at radius 1 is 0.565 bits per heavy atom. The van der Waals surface area contributed by atoms with Crippen LogP contribution in [0.1, 0.15) is 0 Å². The van der Waals surface area contributed by atoms with Crippen molar-refractivity contribution in [3.63, 3.8) is 0 Å². The zero-order valence-corrected chi connectivity index (χ0v) is 14.2. The third kappa shape index (κ3) is 2.61. The van der Waals surface area contributed by atoms with E-state index in [-0.39, 0.29) is 43.5 Å². The molecule has 2 nitrogen and oxygen atoms in total. The van der Waals surface area contributed by atoms with Gasteiger partial charge in [0.25, 0.3) is 0 Å². The SMILES string of the molecule is [Li+].[Li+].[O-]c1ccccc1[PH]1([O-])c2ccccc2-c2ccccc21. The van der Waals surface area contributed by atoms with Gasteiger partial charge < -0.3 is 0 Å². The van der Waals surface area contributed by atoms with Crippen LogP contribution in [0.2, 0.25) is 0 Å². The molecule has 0 atom stereocenters. The van der Waals surface area contributed by atoms with Crippen LogP contribution in [0.25, 0.3) is 11.1 Å². The third-order valence-electron chi connectivity index (χ3n) is 4.17. The Labute approximate surface area is 160 Å².